The van der Waals surface area contributed by atoms with Gasteiger partial charge in [-0.1, -0.05) is 0 Å². The molecule has 2 N–H and O–H groups in total. The number of aliphatic hydroxyl groups is 1. The van der Waals surface area contributed by atoms with Gasteiger partial charge in [0.05, 0.1) is 0 Å². The second kappa shape index (κ2) is 6.52. The van der Waals surface area contributed by atoms with Crippen molar-refractivity contribution < 1.29 is 14.7 Å². The quantitative estimate of drug-likeness (QED) is 0.854. The van der Waals surface area contributed by atoms with Crippen molar-refractivity contribution in [1.82, 2.24) is 4.90 Å². The first-order valence-corrected chi connectivity index (χ1v) is 6.98. The lowest BCUT2D eigenvalue weighted by atomic mass is 10.00. The van der Waals surface area contributed by atoms with E-state index in [0.717, 1.165) is 11.3 Å². The predicted molar refractivity (Wildman–Crippen MR) is 76.7 cm³/mol. The average molecular weight is 276 g/mol. The van der Waals surface area contributed by atoms with Crippen LogP contribution in [0.3, 0.4) is 0 Å². The van der Waals surface area contributed by atoms with Gasteiger partial charge in [-0.3, -0.25) is 9.59 Å². The first-order chi connectivity index (χ1) is 9.65. The van der Waals surface area contributed by atoms with E-state index in [1.165, 1.54) is 0 Å². The van der Waals surface area contributed by atoms with E-state index in [-0.39, 0.29) is 18.4 Å². The summed E-state index contributed by atoms with van der Waals surface area (Å²) in [6, 6.07) is 5.40. The molecule has 5 nitrogen and oxygen atoms in total. The van der Waals surface area contributed by atoms with Crippen molar-refractivity contribution in [3.8, 4) is 0 Å². The number of benzene rings is 1. The highest BCUT2D eigenvalue weighted by molar-refractivity contribution is 5.97. The van der Waals surface area contributed by atoms with Crippen molar-refractivity contribution in [3.05, 3.63) is 29.3 Å². The maximum Gasteiger partial charge on any atom is 0.253 e. The number of rotatable bonds is 5. The Balaban J connectivity index is 2.16. The van der Waals surface area contributed by atoms with Crippen LogP contribution in [0.1, 0.15) is 35.7 Å². The van der Waals surface area contributed by atoms with Crippen LogP contribution < -0.4 is 5.32 Å². The van der Waals surface area contributed by atoms with Crippen LogP contribution in [0.5, 0.6) is 0 Å². The third-order valence-electron chi connectivity index (χ3n) is 3.50. The topological polar surface area (TPSA) is 69.6 Å². The summed E-state index contributed by atoms with van der Waals surface area (Å²) in [7, 11) is 0. The maximum absolute atomic E-state index is 12.4. The zero-order valence-electron chi connectivity index (χ0n) is 11.7. The van der Waals surface area contributed by atoms with Gasteiger partial charge in [0.2, 0.25) is 5.91 Å². The fraction of sp³-hybridized carbons (Fsp3) is 0.467. The number of fused-ring (bicyclic) bond motifs is 1. The highest BCUT2D eigenvalue weighted by Gasteiger charge is 2.19. The lowest BCUT2D eigenvalue weighted by Gasteiger charge is -2.22. The zero-order chi connectivity index (χ0) is 14.5. The van der Waals surface area contributed by atoms with Gasteiger partial charge in [-0.25, -0.2) is 0 Å². The van der Waals surface area contributed by atoms with Crippen molar-refractivity contribution in [2.24, 2.45) is 0 Å². The highest BCUT2D eigenvalue weighted by Crippen LogP contribution is 2.24. The van der Waals surface area contributed by atoms with Gasteiger partial charge < -0.3 is 15.3 Å². The highest BCUT2D eigenvalue weighted by atomic mass is 16.3. The van der Waals surface area contributed by atoms with Gasteiger partial charge in [-0.15, -0.1) is 0 Å². The molecule has 0 atom stereocenters. The molecule has 1 aliphatic rings. The standard InChI is InChI=1S/C15H20N2O3/c1-2-17(8-3-9-18)15(20)12-4-6-13-11(10-12)5-7-14(19)16-13/h4,6,10,18H,2-3,5,7-9H2,1H3,(H,16,19). The van der Waals surface area contributed by atoms with Crippen LogP contribution in [0.4, 0.5) is 5.69 Å². The van der Waals surface area contributed by atoms with Crippen LogP contribution in [-0.2, 0) is 11.2 Å². The molecule has 20 heavy (non-hydrogen) atoms. The summed E-state index contributed by atoms with van der Waals surface area (Å²) in [6.07, 6.45) is 1.72. The van der Waals surface area contributed by atoms with Crippen LogP contribution in [0.15, 0.2) is 18.2 Å². The number of nitrogens with zero attached hydrogens (tertiary/aromatic N) is 1. The van der Waals surface area contributed by atoms with E-state index in [1.807, 2.05) is 13.0 Å². The van der Waals surface area contributed by atoms with Crippen LogP contribution in [-0.4, -0.2) is 41.5 Å². The number of aryl methyl sites for hydroxylation is 1. The molecule has 5 heteroatoms. The van der Waals surface area contributed by atoms with Crippen LogP contribution in [0, 0.1) is 0 Å². The molecule has 0 saturated heterocycles. The Morgan fingerprint density at radius 1 is 1.40 bits per heavy atom. The van der Waals surface area contributed by atoms with Crippen molar-refractivity contribution in [3.63, 3.8) is 0 Å². The van der Waals surface area contributed by atoms with E-state index < -0.39 is 0 Å². The van der Waals surface area contributed by atoms with E-state index in [0.29, 0.717) is 37.9 Å². The Bertz CT molecular complexity index is 514. The lowest BCUT2D eigenvalue weighted by Crippen LogP contribution is -2.32. The first-order valence-electron chi connectivity index (χ1n) is 6.98. The zero-order valence-corrected chi connectivity index (χ0v) is 11.7. The van der Waals surface area contributed by atoms with Gasteiger partial charge in [0.15, 0.2) is 0 Å². The number of hydrogen-bond acceptors (Lipinski definition) is 3. The number of hydrogen-bond donors (Lipinski definition) is 2. The third kappa shape index (κ3) is 3.17. The monoisotopic (exact) mass is 276 g/mol. The summed E-state index contributed by atoms with van der Waals surface area (Å²) in [5, 5.41) is 11.7. The predicted octanol–water partition coefficient (Wildman–Crippen LogP) is 1.42. The molecular formula is C15H20N2O3. The molecule has 0 bridgehead atoms. The molecule has 108 valence electrons. The van der Waals surface area contributed by atoms with Gasteiger partial charge in [0, 0.05) is 37.4 Å². The van der Waals surface area contributed by atoms with Crippen LogP contribution in [0.25, 0.3) is 0 Å². The molecule has 1 aromatic carbocycles. The normalized spacial score (nSPS) is 13.6. The largest absolute Gasteiger partial charge is 0.396 e. The SMILES string of the molecule is CCN(CCCO)C(=O)c1ccc2c(c1)CCC(=O)N2. The molecule has 2 rings (SSSR count). The second-order valence-electron chi connectivity index (χ2n) is 4.88. The minimum absolute atomic E-state index is 0.0229. The Morgan fingerprint density at radius 2 is 2.20 bits per heavy atom. The Hall–Kier alpha value is -1.88. The molecule has 1 heterocycles. The fourth-order valence-corrected chi connectivity index (χ4v) is 2.36. The average Bonchev–Trinajstić information content (AvgIpc) is 2.47. The molecule has 0 aromatic heterocycles. The molecule has 1 aromatic rings. The van der Waals surface area contributed by atoms with Crippen molar-refractivity contribution in [2.75, 3.05) is 25.0 Å². The second-order valence-corrected chi connectivity index (χ2v) is 4.88. The van der Waals surface area contributed by atoms with Crippen LogP contribution in [0.2, 0.25) is 0 Å². The molecule has 0 radical (unpaired) electrons. The van der Waals surface area contributed by atoms with E-state index in [1.54, 1.807) is 17.0 Å². The molecule has 0 spiro atoms. The number of amides is 2. The Kier molecular flexibility index (Phi) is 4.74. The molecule has 1 aliphatic heterocycles. The maximum atomic E-state index is 12.4. The van der Waals surface area contributed by atoms with Gasteiger partial charge in [-0.05, 0) is 43.5 Å². The number of anilines is 1. The fourth-order valence-electron chi connectivity index (χ4n) is 2.36. The molecule has 0 fully saturated rings. The number of carbonyl (C=O) groups excluding carboxylic acids is 2. The van der Waals surface area contributed by atoms with Gasteiger partial charge >= 0.3 is 0 Å². The van der Waals surface area contributed by atoms with Crippen LogP contribution >= 0.6 is 0 Å². The smallest absolute Gasteiger partial charge is 0.253 e. The van der Waals surface area contributed by atoms with E-state index in [9.17, 15) is 9.59 Å². The lowest BCUT2D eigenvalue weighted by molar-refractivity contribution is -0.116. The summed E-state index contributed by atoms with van der Waals surface area (Å²) < 4.78 is 0. The molecule has 0 unspecified atom stereocenters. The third-order valence-corrected chi connectivity index (χ3v) is 3.50. The summed E-state index contributed by atoms with van der Waals surface area (Å²) in [6.45, 7) is 3.18. The minimum atomic E-state index is -0.0272. The minimum Gasteiger partial charge on any atom is -0.396 e. The van der Waals surface area contributed by atoms with Gasteiger partial charge in [0.25, 0.3) is 5.91 Å². The van der Waals surface area contributed by atoms with E-state index in [2.05, 4.69) is 5.32 Å². The number of carbonyl (C=O) groups is 2. The van der Waals surface area contributed by atoms with Crippen molar-refractivity contribution in [1.29, 1.82) is 0 Å². The Labute approximate surface area is 118 Å². The van der Waals surface area contributed by atoms with Gasteiger partial charge in [0.1, 0.15) is 0 Å². The number of aliphatic hydroxyl groups excluding tert-OH is 1. The summed E-state index contributed by atoms with van der Waals surface area (Å²) in [5.41, 5.74) is 2.45. The molecule has 0 saturated carbocycles. The van der Waals surface area contributed by atoms with Crippen molar-refractivity contribution >= 4 is 17.5 Å². The molecular weight excluding hydrogens is 256 g/mol. The summed E-state index contributed by atoms with van der Waals surface area (Å²) >= 11 is 0. The Morgan fingerprint density at radius 3 is 2.90 bits per heavy atom. The first kappa shape index (κ1) is 14.5. The molecule has 0 aliphatic carbocycles. The molecule has 2 amide bonds. The summed E-state index contributed by atoms with van der Waals surface area (Å²) in [4.78, 5) is 25.4. The number of nitrogens with one attached hydrogen (secondary N) is 1. The van der Waals surface area contributed by atoms with Gasteiger partial charge in [-0.2, -0.15) is 0 Å². The van der Waals surface area contributed by atoms with E-state index in [4.69, 9.17) is 5.11 Å². The summed E-state index contributed by atoms with van der Waals surface area (Å²) in [5.74, 6) is -0.00430. The van der Waals surface area contributed by atoms with Crippen molar-refractivity contribution in [2.45, 2.75) is 26.2 Å². The van der Waals surface area contributed by atoms with E-state index >= 15 is 0 Å².